The summed E-state index contributed by atoms with van der Waals surface area (Å²) in [6.07, 6.45) is 10.1. The molecule has 9 heteroatoms. The Kier molecular flexibility index (Phi) is 9.63. The predicted octanol–water partition coefficient (Wildman–Crippen LogP) is 5.84. The first-order chi connectivity index (χ1) is 17.5. The maximum absolute atomic E-state index is 13.9. The summed E-state index contributed by atoms with van der Waals surface area (Å²) < 4.78 is 0. The molecule has 1 aromatic heterocycles. The van der Waals surface area contributed by atoms with E-state index in [1.165, 1.54) is 0 Å². The SMILES string of the molecule is CCCCC1(C(=O)O)C=CC2=C(CN(C(=O)c3cccc4ccccc34)CCN2Cc2cnc[nH]2)C1.Cl.Cl. The number of amides is 1. The second-order valence-corrected chi connectivity index (χ2v) is 9.82. The Labute approximate surface area is 235 Å². The van der Waals surface area contributed by atoms with Gasteiger partial charge in [0.25, 0.3) is 5.91 Å². The first-order valence-electron chi connectivity index (χ1n) is 12.6. The molecule has 1 aliphatic carbocycles. The molecule has 5 rings (SSSR count). The van der Waals surface area contributed by atoms with Crippen LogP contribution in [-0.4, -0.2) is 56.4 Å². The van der Waals surface area contributed by atoms with E-state index in [9.17, 15) is 14.7 Å². The molecular weight excluding hydrogens is 523 g/mol. The minimum absolute atomic E-state index is 0. The highest BCUT2D eigenvalue weighted by molar-refractivity contribution is 6.07. The number of carbonyl (C=O) groups excluding carboxylic acids is 1. The Morgan fingerprint density at radius 1 is 1.11 bits per heavy atom. The van der Waals surface area contributed by atoms with Crippen molar-refractivity contribution in [3.63, 3.8) is 0 Å². The molecule has 2 aliphatic rings. The van der Waals surface area contributed by atoms with Gasteiger partial charge in [0.1, 0.15) is 0 Å². The zero-order valence-electron chi connectivity index (χ0n) is 21.4. The number of allylic oxidation sites excluding steroid dienone is 1. The third kappa shape index (κ3) is 5.74. The average molecular weight is 558 g/mol. The number of fused-ring (bicyclic) bond motifs is 1. The Morgan fingerprint density at radius 2 is 1.89 bits per heavy atom. The lowest BCUT2D eigenvalue weighted by Gasteiger charge is -2.34. The van der Waals surface area contributed by atoms with Crippen LogP contribution >= 0.6 is 24.8 Å². The van der Waals surface area contributed by atoms with Gasteiger partial charge in [-0.3, -0.25) is 9.59 Å². The third-order valence-electron chi connectivity index (χ3n) is 7.44. The van der Waals surface area contributed by atoms with Crippen molar-refractivity contribution in [1.29, 1.82) is 0 Å². The predicted molar refractivity (Wildman–Crippen MR) is 154 cm³/mol. The molecule has 1 aliphatic heterocycles. The van der Waals surface area contributed by atoms with Crippen molar-refractivity contribution in [3.8, 4) is 0 Å². The number of hydrogen-bond acceptors (Lipinski definition) is 4. The largest absolute Gasteiger partial charge is 0.481 e. The molecule has 1 amide bonds. The van der Waals surface area contributed by atoms with Gasteiger partial charge in [0.15, 0.2) is 0 Å². The number of aromatic amines is 1. The molecular formula is C29H34Cl2N4O3. The Bertz CT molecular complexity index is 1330. The summed E-state index contributed by atoms with van der Waals surface area (Å²) in [7, 11) is 0. The molecule has 0 radical (unpaired) electrons. The van der Waals surface area contributed by atoms with Gasteiger partial charge in [-0.1, -0.05) is 62.2 Å². The number of aliphatic carboxylic acids is 1. The average Bonchev–Trinajstić information content (AvgIpc) is 3.34. The van der Waals surface area contributed by atoms with E-state index >= 15 is 0 Å². The van der Waals surface area contributed by atoms with Crippen LogP contribution in [0, 0.1) is 5.41 Å². The van der Waals surface area contributed by atoms with Gasteiger partial charge in [-0.05, 0) is 41.3 Å². The molecule has 2 N–H and O–H groups in total. The molecule has 1 unspecified atom stereocenters. The van der Waals surface area contributed by atoms with Gasteiger partial charge in [0.2, 0.25) is 0 Å². The smallest absolute Gasteiger partial charge is 0.313 e. The van der Waals surface area contributed by atoms with Gasteiger partial charge in [-0.25, -0.2) is 4.98 Å². The number of rotatable bonds is 7. The fourth-order valence-electron chi connectivity index (χ4n) is 5.44. The lowest BCUT2D eigenvalue weighted by atomic mass is 9.73. The number of hydrogen-bond donors (Lipinski definition) is 2. The van der Waals surface area contributed by atoms with Crippen molar-refractivity contribution < 1.29 is 14.7 Å². The van der Waals surface area contributed by atoms with Crippen LogP contribution in [0.2, 0.25) is 0 Å². The van der Waals surface area contributed by atoms with Crippen molar-refractivity contribution in [2.45, 2.75) is 39.2 Å². The lowest BCUT2D eigenvalue weighted by Crippen LogP contribution is -2.37. The van der Waals surface area contributed by atoms with E-state index in [0.717, 1.165) is 40.6 Å². The number of carboxylic acids is 1. The molecule has 0 saturated heterocycles. The number of benzene rings is 2. The molecule has 3 aromatic rings. The van der Waals surface area contributed by atoms with E-state index in [4.69, 9.17) is 0 Å². The molecule has 202 valence electrons. The summed E-state index contributed by atoms with van der Waals surface area (Å²) >= 11 is 0. The van der Waals surface area contributed by atoms with Crippen LogP contribution < -0.4 is 0 Å². The molecule has 2 heterocycles. The van der Waals surface area contributed by atoms with Crippen molar-refractivity contribution in [2.24, 2.45) is 5.41 Å². The van der Waals surface area contributed by atoms with Crippen LogP contribution in [0.5, 0.6) is 0 Å². The van der Waals surface area contributed by atoms with Crippen molar-refractivity contribution in [1.82, 2.24) is 19.8 Å². The number of unbranched alkanes of at least 4 members (excludes halogenated alkanes) is 1. The van der Waals surface area contributed by atoms with Gasteiger partial charge >= 0.3 is 5.97 Å². The number of imidazole rings is 1. The number of halogens is 2. The summed E-state index contributed by atoms with van der Waals surface area (Å²) in [6, 6.07) is 13.8. The lowest BCUT2D eigenvalue weighted by molar-refractivity contribution is -0.146. The second-order valence-electron chi connectivity index (χ2n) is 9.82. The summed E-state index contributed by atoms with van der Waals surface area (Å²) in [4.78, 5) is 37.8. The number of nitrogens with zero attached hydrogens (tertiary/aromatic N) is 3. The van der Waals surface area contributed by atoms with Gasteiger partial charge in [0, 0.05) is 37.1 Å². The summed E-state index contributed by atoms with van der Waals surface area (Å²) in [5, 5.41) is 12.2. The molecule has 1 atom stereocenters. The van der Waals surface area contributed by atoms with Crippen LogP contribution in [0.15, 0.2) is 78.4 Å². The number of H-pyrrole nitrogens is 1. The van der Waals surface area contributed by atoms with Crippen LogP contribution in [0.25, 0.3) is 10.8 Å². The number of nitrogens with one attached hydrogen (secondary N) is 1. The Morgan fingerprint density at radius 3 is 2.63 bits per heavy atom. The van der Waals surface area contributed by atoms with Gasteiger partial charge < -0.3 is 19.9 Å². The van der Waals surface area contributed by atoms with Crippen LogP contribution in [-0.2, 0) is 11.3 Å². The van der Waals surface area contributed by atoms with Gasteiger partial charge in [0.05, 0.1) is 24.0 Å². The van der Waals surface area contributed by atoms with Crippen molar-refractivity contribution in [2.75, 3.05) is 19.6 Å². The first-order valence-corrected chi connectivity index (χ1v) is 12.6. The molecule has 0 fully saturated rings. The monoisotopic (exact) mass is 556 g/mol. The van der Waals surface area contributed by atoms with E-state index in [2.05, 4.69) is 21.8 Å². The normalized spacial score (nSPS) is 18.9. The fourth-order valence-corrected chi connectivity index (χ4v) is 5.44. The van der Waals surface area contributed by atoms with Crippen molar-refractivity contribution >= 4 is 47.5 Å². The molecule has 0 bridgehead atoms. The van der Waals surface area contributed by atoms with E-state index in [1.807, 2.05) is 59.5 Å². The minimum atomic E-state index is -0.937. The van der Waals surface area contributed by atoms with Crippen LogP contribution in [0.1, 0.15) is 48.7 Å². The third-order valence-corrected chi connectivity index (χ3v) is 7.44. The topological polar surface area (TPSA) is 89.5 Å². The maximum Gasteiger partial charge on any atom is 0.313 e. The van der Waals surface area contributed by atoms with E-state index in [1.54, 1.807) is 12.5 Å². The summed E-state index contributed by atoms with van der Waals surface area (Å²) in [6.45, 7) is 4.31. The van der Waals surface area contributed by atoms with E-state index < -0.39 is 11.4 Å². The molecule has 0 saturated carbocycles. The van der Waals surface area contributed by atoms with Gasteiger partial charge in [-0.15, -0.1) is 24.8 Å². The number of aromatic nitrogens is 2. The number of carbonyl (C=O) groups is 2. The summed E-state index contributed by atoms with van der Waals surface area (Å²) in [5.74, 6) is -0.818. The maximum atomic E-state index is 13.9. The quantitative estimate of drug-likeness (QED) is 0.381. The molecule has 7 nitrogen and oxygen atoms in total. The first kappa shape index (κ1) is 29.3. The zero-order chi connectivity index (χ0) is 25.1. The minimum Gasteiger partial charge on any atom is -0.481 e. The summed E-state index contributed by atoms with van der Waals surface area (Å²) in [5.41, 5.74) is 2.74. The number of carboxylic acid groups (broad SMARTS) is 1. The standard InChI is InChI=1S/C29H32N4O3.2ClH/c1-2-3-12-29(28(35)36)13-11-26-22(16-29)18-33(15-14-32(26)19-23-17-30-20-31-23)27(34)25-10-6-8-21-7-4-5-9-24(21)25;;/h4-11,13,17,20H,2-3,12,14-16,18-19H2,1H3,(H,30,31)(H,35,36);2*1H. The van der Waals surface area contributed by atoms with E-state index in [-0.39, 0.29) is 30.7 Å². The molecule has 38 heavy (non-hydrogen) atoms. The molecule has 2 aromatic carbocycles. The fraction of sp³-hybridized carbons (Fsp3) is 0.345. The van der Waals surface area contributed by atoms with Crippen LogP contribution in [0.4, 0.5) is 0 Å². The molecule has 0 spiro atoms. The highest BCUT2D eigenvalue weighted by Crippen LogP contribution is 2.41. The van der Waals surface area contributed by atoms with Crippen molar-refractivity contribution in [3.05, 3.63) is 89.7 Å². The van der Waals surface area contributed by atoms with Crippen LogP contribution in [0.3, 0.4) is 0 Å². The Hall–Kier alpha value is -3.29. The second kappa shape index (κ2) is 12.5. The zero-order valence-corrected chi connectivity index (χ0v) is 23.1. The Balaban J connectivity index is 0.00000200. The van der Waals surface area contributed by atoms with E-state index in [0.29, 0.717) is 44.6 Å². The van der Waals surface area contributed by atoms with Gasteiger partial charge in [-0.2, -0.15) is 0 Å². The highest BCUT2D eigenvalue weighted by Gasteiger charge is 2.41. The highest BCUT2D eigenvalue weighted by atomic mass is 35.5.